The van der Waals surface area contributed by atoms with E-state index in [0.29, 0.717) is 10.8 Å². The van der Waals surface area contributed by atoms with Crippen LogP contribution in [0.15, 0.2) is 64.9 Å². The Morgan fingerprint density at radius 1 is 1.11 bits per heavy atom. The highest BCUT2D eigenvalue weighted by Crippen LogP contribution is 2.22. The summed E-state index contributed by atoms with van der Waals surface area (Å²) in [5.41, 5.74) is 2.46. The summed E-state index contributed by atoms with van der Waals surface area (Å²) in [5.74, 6) is -0.0919. The van der Waals surface area contributed by atoms with Crippen LogP contribution in [0.25, 0.3) is 0 Å². The minimum atomic E-state index is -3.22. The molecule has 3 aromatic rings. The highest BCUT2D eigenvalue weighted by Gasteiger charge is 2.12. The summed E-state index contributed by atoms with van der Waals surface area (Å²) in [7, 11) is -3.22. The van der Waals surface area contributed by atoms with E-state index in [9.17, 15) is 13.2 Å². The normalized spacial score (nSPS) is 12.4. The molecule has 0 spiro atoms. The second-order valence-electron chi connectivity index (χ2n) is 6.44. The van der Waals surface area contributed by atoms with Crippen LogP contribution in [0.5, 0.6) is 0 Å². The van der Waals surface area contributed by atoms with Crippen molar-refractivity contribution in [2.75, 3.05) is 11.6 Å². The van der Waals surface area contributed by atoms with Crippen LogP contribution in [0.3, 0.4) is 0 Å². The molecule has 0 saturated carbocycles. The van der Waals surface area contributed by atoms with Gasteiger partial charge in [0.05, 0.1) is 23.1 Å². The van der Waals surface area contributed by atoms with Gasteiger partial charge in [0.25, 0.3) is 0 Å². The number of sulfone groups is 1. The maximum Gasteiger partial charge on any atom is 0.226 e. The fraction of sp³-hybridized carbons (Fsp3) is 0.200. The Morgan fingerprint density at radius 2 is 1.79 bits per heavy atom. The van der Waals surface area contributed by atoms with E-state index < -0.39 is 9.84 Å². The van der Waals surface area contributed by atoms with Crippen molar-refractivity contribution >= 4 is 37.9 Å². The summed E-state index contributed by atoms with van der Waals surface area (Å²) in [6.45, 7) is 1.95. The maximum absolute atomic E-state index is 12.3. The molecule has 2 N–H and O–H groups in total. The highest BCUT2D eigenvalue weighted by atomic mass is 32.2. The second kappa shape index (κ2) is 8.53. The molecule has 1 atom stereocenters. The molecule has 0 fully saturated rings. The van der Waals surface area contributed by atoms with Gasteiger partial charge in [-0.1, -0.05) is 30.3 Å². The molecule has 0 unspecified atom stereocenters. The Kier molecular flexibility index (Phi) is 6.11. The zero-order valence-electron chi connectivity index (χ0n) is 15.5. The number of thiazole rings is 1. The standard InChI is InChI=1S/C20H21N3O3S2/c1-14(15-6-4-3-5-7-15)21-19(24)12-17-13-27-20(23-17)22-16-8-10-18(11-9-16)28(2,25)26/h3-11,13-14H,12H2,1-2H3,(H,21,24)(H,22,23)/t14-/m1/s1. The van der Waals surface area contributed by atoms with Crippen molar-refractivity contribution in [1.82, 2.24) is 10.3 Å². The average molecular weight is 416 g/mol. The van der Waals surface area contributed by atoms with Crippen LogP contribution in [0.2, 0.25) is 0 Å². The van der Waals surface area contributed by atoms with Gasteiger partial charge < -0.3 is 10.6 Å². The van der Waals surface area contributed by atoms with Crippen molar-refractivity contribution in [3.63, 3.8) is 0 Å². The molecule has 146 valence electrons. The van der Waals surface area contributed by atoms with Crippen molar-refractivity contribution < 1.29 is 13.2 Å². The van der Waals surface area contributed by atoms with Crippen molar-refractivity contribution in [3.05, 3.63) is 71.2 Å². The number of carbonyl (C=O) groups excluding carboxylic acids is 1. The number of carbonyl (C=O) groups is 1. The third-order valence-corrected chi connectivity index (χ3v) is 6.04. The summed E-state index contributed by atoms with van der Waals surface area (Å²) >= 11 is 1.39. The molecule has 3 rings (SSSR count). The Labute approximate surface area is 168 Å². The number of hydrogen-bond donors (Lipinski definition) is 2. The number of benzene rings is 2. The fourth-order valence-corrected chi connectivity index (χ4v) is 4.00. The van der Waals surface area contributed by atoms with Gasteiger partial charge >= 0.3 is 0 Å². The van der Waals surface area contributed by atoms with Crippen molar-refractivity contribution in [1.29, 1.82) is 0 Å². The smallest absolute Gasteiger partial charge is 0.226 e. The van der Waals surface area contributed by atoms with E-state index in [1.807, 2.05) is 42.6 Å². The summed E-state index contributed by atoms with van der Waals surface area (Å²) in [6, 6.07) is 16.2. The predicted molar refractivity (Wildman–Crippen MR) is 112 cm³/mol. The lowest BCUT2D eigenvalue weighted by molar-refractivity contribution is -0.121. The lowest BCUT2D eigenvalue weighted by atomic mass is 10.1. The molecule has 1 aromatic heterocycles. The van der Waals surface area contributed by atoms with E-state index in [4.69, 9.17) is 0 Å². The molecular formula is C20H21N3O3S2. The van der Waals surface area contributed by atoms with Crippen LogP contribution >= 0.6 is 11.3 Å². The van der Waals surface area contributed by atoms with Gasteiger partial charge in [0.15, 0.2) is 15.0 Å². The number of hydrogen-bond acceptors (Lipinski definition) is 6. The first-order chi connectivity index (χ1) is 13.3. The summed E-state index contributed by atoms with van der Waals surface area (Å²) in [4.78, 5) is 17.0. The topological polar surface area (TPSA) is 88.2 Å². The number of aromatic nitrogens is 1. The maximum atomic E-state index is 12.3. The van der Waals surface area contributed by atoms with Crippen LogP contribution < -0.4 is 10.6 Å². The van der Waals surface area contributed by atoms with Crippen molar-refractivity contribution in [3.8, 4) is 0 Å². The summed E-state index contributed by atoms with van der Waals surface area (Å²) < 4.78 is 23.0. The molecule has 28 heavy (non-hydrogen) atoms. The number of amides is 1. The van der Waals surface area contributed by atoms with E-state index in [0.717, 1.165) is 11.3 Å². The van der Waals surface area contributed by atoms with Crippen LogP contribution in [-0.4, -0.2) is 25.6 Å². The van der Waals surface area contributed by atoms with E-state index in [-0.39, 0.29) is 23.3 Å². The van der Waals surface area contributed by atoms with E-state index in [1.165, 1.54) is 17.6 Å². The van der Waals surface area contributed by atoms with E-state index in [1.54, 1.807) is 24.3 Å². The first-order valence-corrected chi connectivity index (χ1v) is 11.4. The minimum absolute atomic E-state index is 0.0710. The minimum Gasteiger partial charge on any atom is -0.349 e. The fourth-order valence-electron chi connectivity index (χ4n) is 2.64. The van der Waals surface area contributed by atoms with Crippen molar-refractivity contribution in [2.24, 2.45) is 0 Å². The molecule has 1 amide bonds. The predicted octanol–water partition coefficient (Wildman–Crippen LogP) is 3.71. The molecule has 8 heteroatoms. The summed E-state index contributed by atoms with van der Waals surface area (Å²) in [6.07, 6.45) is 1.37. The second-order valence-corrected chi connectivity index (χ2v) is 9.32. The number of anilines is 2. The lowest BCUT2D eigenvalue weighted by Gasteiger charge is -2.13. The molecule has 0 aliphatic carbocycles. The molecule has 0 aliphatic heterocycles. The van der Waals surface area contributed by atoms with Crippen LogP contribution in [-0.2, 0) is 21.1 Å². The van der Waals surface area contributed by atoms with Gasteiger partial charge in [-0.15, -0.1) is 11.3 Å². The summed E-state index contributed by atoms with van der Waals surface area (Å²) in [5, 5.41) is 8.57. The molecule has 0 aliphatic rings. The SMILES string of the molecule is C[C@@H](NC(=O)Cc1csc(Nc2ccc(S(C)(=O)=O)cc2)n1)c1ccccc1. The van der Waals surface area contributed by atoms with Gasteiger partial charge in [0, 0.05) is 17.3 Å². The lowest BCUT2D eigenvalue weighted by Crippen LogP contribution is -2.28. The molecular weight excluding hydrogens is 394 g/mol. The van der Waals surface area contributed by atoms with Gasteiger partial charge in [-0.3, -0.25) is 4.79 Å². The zero-order valence-corrected chi connectivity index (χ0v) is 17.2. The number of rotatable bonds is 7. The molecule has 1 heterocycles. The Balaban J connectivity index is 1.57. The van der Waals surface area contributed by atoms with Gasteiger partial charge in [-0.05, 0) is 36.8 Å². The zero-order chi connectivity index (χ0) is 20.1. The quantitative estimate of drug-likeness (QED) is 0.614. The average Bonchev–Trinajstić information content (AvgIpc) is 3.08. The van der Waals surface area contributed by atoms with Gasteiger partial charge in [-0.25, -0.2) is 13.4 Å². The first kappa shape index (κ1) is 20.0. The number of nitrogens with zero attached hydrogens (tertiary/aromatic N) is 1. The molecule has 2 aromatic carbocycles. The molecule has 0 saturated heterocycles. The molecule has 0 bridgehead atoms. The van der Waals surface area contributed by atoms with Crippen LogP contribution in [0.1, 0.15) is 24.2 Å². The van der Waals surface area contributed by atoms with Crippen LogP contribution in [0, 0.1) is 0 Å². The third-order valence-electron chi connectivity index (χ3n) is 4.10. The number of nitrogens with one attached hydrogen (secondary N) is 2. The van der Waals surface area contributed by atoms with Gasteiger partial charge in [-0.2, -0.15) is 0 Å². The van der Waals surface area contributed by atoms with Crippen molar-refractivity contribution in [2.45, 2.75) is 24.3 Å². The molecule has 0 radical (unpaired) electrons. The molecule has 6 nitrogen and oxygen atoms in total. The monoisotopic (exact) mass is 415 g/mol. The largest absolute Gasteiger partial charge is 0.349 e. The Morgan fingerprint density at radius 3 is 2.43 bits per heavy atom. The van der Waals surface area contributed by atoms with E-state index in [2.05, 4.69) is 15.6 Å². The van der Waals surface area contributed by atoms with Gasteiger partial charge in [0.2, 0.25) is 5.91 Å². The Bertz CT molecular complexity index is 1050. The third kappa shape index (κ3) is 5.40. The Hall–Kier alpha value is -2.71. The van der Waals surface area contributed by atoms with Crippen LogP contribution in [0.4, 0.5) is 10.8 Å². The first-order valence-electron chi connectivity index (χ1n) is 8.67. The highest BCUT2D eigenvalue weighted by molar-refractivity contribution is 7.90. The van der Waals surface area contributed by atoms with E-state index >= 15 is 0 Å². The van der Waals surface area contributed by atoms with Gasteiger partial charge in [0.1, 0.15) is 0 Å².